The van der Waals surface area contributed by atoms with Crippen molar-refractivity contribution in [3.63, 3.8) is 0 Å². The van der Waals surface area contributed by atoms with Gasteiger partial charge in [-0.15, -0.1) is 0 Å². The number of sulfonamides is 1. The van der Waals surface area contributed by atoms with E-state index >= 15 is 0 Å². The normalized spacial score (nSPS) is 15.2. The molecule has 0 saturated carbocycles. The monoisotopic (exact) mass is 479 g/mol. The van der Waals surface area contributed by atoms with Gasteiger partial charge in [-0.25, -0.2) is 8.42 Å². The summed E-state index contributed by atoms with van der Waals surface area (Å²) in [5.74, 6) is -0.475. The maximum absolute atomic E-state index is 13.1. The first kappa shape index (κ1) is 23.9. The van der Waals surface area contributed by atoms with E-state index in [1.54, 1.807) is 30.3 Å². The number of nitrogens with zero attached hydrogens (tertiary/aromatic N) is 1. The van der Waals surface area contributed by atoms with E-state index in [9.17, 15) is 18.0 Å². The Morgan fingerprint density at radius 1 is 0.912 bits per heavy atom. The van der Waals surface area contributed by atoms with Gasteiger partial charge in [-0.05, 0) is 60.4 Å². The van der Waals surface area contributed by atoms with Gasteiger partial charge < -0.3 is 10.6 Å². The first-order valence-corrected chi connectivity index (χ1v) is 13.0. The lowest BCUT2D eigenvalue weighted by Gasteiger charge is -2.30. The van der Waals surface area contributed by atoms with Crippen molar-refractivity contribution in [2.75, 3.05) is 19.6 Å². The molecule has 4 rings (SSSR count). The molecule has 0 radical (unpaired) electrons. The van der Waals surface area contributed by atoms with Crippen LogP contribution in [0.15, 0.2) is 71.6 Å². The molecule has 0 aliphatic carbocycles. The van der Waals surface area contributed by atoms with E-state index in [1.165, 1.54) is 4.31 Å². The summed E-state index contributed by atoms with van der Waals surface area (Å²) in [4.78, 5) is 25.0. The highest BCUT2D eigenvalue weighted by Crippen LogP contribution is 2.26. The molecule has 0 spiro atoms. The number of carbonyl (C=O) groups excluding carboxylic acids is 2. The van der Waals surface area contributed by atoms with Crippen LogP contribution in [-0.4, -0.2) is 44.2 Å². The Hall–Kier alpha value is -3.23. The molecular formula is C26H29N3O4S. The van der Waals surface area contributed by atoms with Crippen LogP contribution in [0.4, 0.5) is 0 Å². The van der Waals surface area contributed by atoms with Crippen LogP contribution >= 0.6 is 0 Å². The minimum atomic E-state index is -3.61. The molecule has 1 aliphatic heterocycles. The second kappa shape index (κ2) is 10.4. The van der Waals surface area contributed by atoms with Crippen LogP contribution in [0, 0.1) is 5.92 Å². The van der Waals surface area contributed by atoms with E-state index in [0.717, 1.165) is 16.3 Å². The van der Waals surface area contributed by atoms with Crippen LogP contribution in [0.5, 0.6) is 0 Å². The highest BCUT2D eigenvalue weighted by molar-refractivity contribution is 7.89. The molecule has 0 aromatic heterocycles. The largest absolute Gasteiger partial charge is 0.352 e. The van der Waals surface area contributed by atoms with Crippen molar-refractivity contribution >= 4 is 32.6 Å². The van der Waals surface area contributed by atoms with Crippen LogP contribution in [0.3, 0.4) is 0 Å². The Kier molecular flexibility index (Phi) is 7.29. The molecule has 1 fully saturated rings. The molecule has 1 saturated heterocycles. The molecule has 2 N–H and O–H groups in total. The first-order valence-electron chi connectivity index (χ1n) is 11.5. The van der Waals surface area contributed by atoms with E-state index < -0.39 is 10.0 Å². The molecule has 8 heteroatoms. The molecule has 178 valence electrons. The highest BCUT2D eigenvalue weighted by atomic mass is 32.2. The number of benzene rings is 3. The molecule has 7 nitrogen and oxygen atoms in total. The zero-order chi connectivity index (χ0) is 24.1. The van der Waals surface area contributed by atoms with Gasteiger partial charge in [0.1, 0.15) is 0 Å². The number of rotatable bonds is 7. The number of hydrogen-bond acceptors (Lipinski definition) is 4. The summed E-state index contributed by atoms with van der Waals surface area (Å²) in [7, 11) is -3.61. The third-order valence-electron chi connectivity index (χ3n) is 6.18. The molecule has 1 heterocycles. The molecular weight excluding hydrogens is 450 g/mol. The van der Waals surface area contributed by atoms with Crippen LogP contribution < -0.4 is 10.6 Å². The summed E-state index contributed by atoms with van der Waals surface area (Å²) < 4.78 is 27.8. The second-order valence-electron chi connectivity index (χ2n) is 8.46. The standard InChI is InChI=1S/C26H29N3O4S/c1-2-27-26(31)23-9-5-6-19(16-23)18-28-25(30)21-12-14-29(15-13-21)34(32,33)24-11-10-20-7-3-4-8-22(20)17-24/h3-11,16-17,21H,2,12-15,18H2,1H3,(H,27,31)(H,28,30). The Bertz CT molecular complexity index is 1300. The van der Waals surface area contributed by atoms with Gasteiger partial charge in [0.25, 0.3) is 5.91 Å². The lowest BCUT2D eigenvalue weighted by atomic mass is 9.97. The number of carbonyl (C=O) groups is 2. The quantitative estimate of drug-likeness (QED) is 0.544. The number of piperidine rings is 1. The van der Waals surface area contributed by atoms with Gasteiger partial charge in [-0.2, -0.15) is 4.31 Å². The third kappa shape index (κ3) is 5.29. The molecule has 3 aromatic rings. The SMILES string of the molecule is CCNC(=O)c1cccc(CNC(=O)C2CCN(S(=O)(=O)c3ccc4ccccc4c3)CC2)c1. The summed E-state index contributed by atoms with van der Waals surface area (Å²) in [5.41, 5.74) is 1.40. The Morgan fingerprint density at radius 2 is 1.65 bits per heavy atom. The van der Waals surface area contributed by atoms with Crippen molar-refractivity contribution in [3.05, 3.63) is 77.9 Å². The maximum Gasteiger partial charge on any atom is 0.251 e. The summed E-state index contributed by atoms with van der Waals surface area (Å²) in [6.07, 6.45) is 0.940. The van der Waals surface area contributed by atoms with Crippen LogP contribution in [0.1, 0.15) is 35.7 Å². The molecule has 34 heavy (non-hydrogen) atoms. The van der Waals surface area contributed by atoms with Gasteiger partial charge in [-0.3, -0.25) is 9.59 Å². The first-order chi connectivity index (χ1) is 16.4. The lowest BCUT2D eigenvalue weighted by molar-refractivity contribution is -0.126. The number of fused-ring (bicyclic) bond motifs is 1. The predicted molar refractivity (Wildman–Crippen MR) is 132 cm³/mol. The van der Waals surface area contributed by atoms with Gasteiger partial charge in [-0.1, -0.05) is 42.5 Å². The number of amides is 2. The number of nitrogens with one attached hydrogen (secondary N) is 2. The molecule has 2 amide bonds. The fourth-order valence-electron chi connectivity index (χ4n) is 4.25. The minimum absolute atomic E-state index is 0.0915. The van der Waals surface area contributed by atoms with Crippen LogP contribution in [0.25, 0.3) is 10.8 Å². The van der Waals surface area contributed by atoms with Crippen molar-refractivity contribution in [2.45, 2.75) is 31.2 Å². The van der Waals surface area contributed by atoms with Crippen LogP contribution in [-0.2, 0) is 21.4 Å². The van der Waals surface area contributed by atoms with Gasteiger partial charge in [0.2, 0.25) is 15.9 Å². The Morgan fingerprint density at radius 3 is 2.38 bits per heavy atom. The fourth-order valence-corrected chi connectivity index (χ4v) is 5.76. The Balaban J connectivity index is 1.33. The van der Waals surface area contributed by atoms with Gasteiger partial charge in [0.05, 0.1) is 4.90 Å². The second-order valence-corrected chi connectivity index (χ2v) is 10.4. The summed E-state index contributed by atoms with van der Waals surface area (Å²) in [6.45, 7) is 3.34. The fraction of sp³-hybridized carbons (Fsp3) is 0.308. The topological polar surface area (TPSA) is 95.6 Å². The van der Waals surface area contributed by atoms with E-state index in [4.69, 9.17) is 0 Å². The Labute approximate surface area is 200 Å². The van der Waals surface area contributed by atoms with Gasteiger partial charge in [0, 0.05) is 37.7 Å². The van der Waals surface area contributed by atoms with E-state index in [1.807, 2.05) is 43.3 Å². The summed E-state index contributed by atoms with van der Waals surface area (Å²) in [5, 5.41) is 7.57. The van der Waals surface area contributed by atoms with Gasteiger partial charge >= 0.3 is 0 Å². The van der Waals surface area contributed by atoms with Crippen molar-refractivity contribution in [1.29, 1.82) is 0 Å². The lowest BCUT2D eigenvalue weighted by Crippen LogP contribution is -2.42. The number of hydrogen-bond donors (Lipinski definition) is 2. The summed E-state index contributed by atoms with van der Waals surface area (Å²) in [6, 6.07) is 20.0. The summed E-state index contributed by atoms with van der Waals surface area (Å²) >= 11 is 0. The third-order valence-corrected chi connectivity index (χ3v) is 8.07. The van der Waals surface area contributed by atoms with Crippen molar-refractivity contribution in [3.8, 4) is 0 Å². The molecule has 0 unspecified atom stereocenters. The van der Waals surface area contributed by atoms with Crippen molar-refractivity contribution < 1.29 is 18.0 Å². The van der Waals surface area contributed by atoms with Crippen molar-refractivity contribution in [2.24, 2.45) is 5.92 Å². The zero-order valence-electron chi connectivity index (χ0n) is 19.2. The average molecular weight is 480 g/mol. The van der Waals surface area contributed by atoms with Crippen LogP contribution in [0.2, 0.25) is 0 Å². The highest BCUT2D eigenvalue weighted by Gasteiger charge is 2.32. The van der Waals surface area contributed by atoms with E-state index in [0.29, 0.717) is 44.6 Å². The average Bonchev–Trinajstić information content (AvgIpc) is 2.87. The molecule has 0 bridgehead atoms. The zero-order valence-corrected chi connectivity index (χ0v) is 20.0. The molecule has 1 aliphatic rings. The molecule has 3 aromatic carbocycles. The smallest absolute Gasteiger partial charge is 0.251 e. The van der Waals surface area contributed by atoms with E-state index in [2.05, 4.69) is 10.6 Å². The minimum Gasteiger partial charge on any atom is -0.352 e. The predicted octanol–water partition coefficient (Wildman–Crippen LogP) is 3.31. The maximum atomic E-state index is 13.1. The van der Waals surface area contributed by atoms with Gasteiger partial charge in [0.15, 0.2) is 0 Å². The molecule has 0 atom stereocenters. The van der Waals surface area contributed by atoms with Crippen molar-refractivity contribution in [1.82, 2.24) is 14.9 Å². The van der Waals surface area contributed by atoms with E-state index in [-0.39, 0.29) is 22.6 Å².